The van der Waals surface area contributed by atoms with Crippen LogP contribution in [0, 0.1) is 5.92 Å². The molecule has 1 saturated heterocycles. The third-order valence-corrected chi connectivity index (χ3v) is 4.94. The molecule has 6 nitrogen and oxygen atoms in total. The summed E-state index contributed by atoms with van der Waals surface area (Å²) in [6.45, 7) is 13.3. The Kier molecular flexibility index (Phi) is 8.71. The van der Waals surface area contributed by atoms with Crippen LogP contribution in [-0.2, 0) is 6.54 Å². The third kappa shape index (κ3) is 6.84. The molecule has 26 heavy (non-hydrogen) atoms. The molecule has 1 aliphatic rings. The Bertz CT molecular complexity index is 538. The predicted octanol–water partition coefficient (Wildman–Crippen LogP) is 1.63. The van der Waals surface area contributed by atoms with E-state index in [4.69, 9.17) is 4.74 Å². The molecule has 0 spiro atoms. The molecule has 2 N–H and O–H groups in total. The lowest BCUT2D eigenvalue weighted by molar-refractivity contribution is 0.124. The molecular formula is C20H35N5O. The normalized spacial score (nSPS) is 17.8. The minimum Gasteiger partial charge on any atom is -0.497 e. The molecule has 1 fully saturated rings. The molecule has 1 unspecified atom stereocenters. The summed E-state index contributed by atoms with van der Waals surface area (Å²) in [6.07, 6.45) is 0. The lowest BCUT2D eigenvalue weighted by Crippen LogP contribution is -2.48. The van der Waals surface area contributed by atoms with Gasteiger partial charge in [-0.2, -0.15) is 0 Å². The van der Waals surface area contributed by atoms with E-state index in [1.807, 2.05) is 19.2 Å². The SMILES string of the molecule is CCN1CCN(CC(C)CNC(=NC)NCc2ccc(OC)cc2)CC1. The summed E-state index contributed by atoms with van der Waals surface area (Å²) in [5.41, 5.74) is 1.20. The van der Waals surface area contributed by atoms with E-state index < -0.39 is 0 Å². The predicted molar refractivity (Wildman–Crippen MR) is 109 cm³/mol. The fraction of sp³-hybridized carbons (Fsp3) is 0.650. The lowest BCUT2D eigenvalue weighted by atomic mass is 10.1. The lowest BCUT2D eigenvalue weighted by Gasteiger charge is -2.35. The molecule has 0 aliphatic carbocycles. The van der Waals surface area contributed by atoms with Gasteiger partial charge in [0, 0.05) is 52.9 Å². The van der Waals surface area contributed by atoms with Gasteiger partial charge in [0.05, 0.1) is 7.11 Å². The number of guanidine groups is 1. The zero-order chi connectivity index (χ0) is 18.8. The number of hydrogen-bond donors (Lipinski definition) is 2. The molecule has 0 saturated carbocycles. The van der Waals surface area contributed by atoms with E-state index in [0.717, 1.165) is 31.3 Å². The molecule has 2 rings (SSSR count). The van der Waals surface area contributed by atoms with Crippen molar-refractivity contribution in [2.24, 2.45) is 10.9 Å². The number of aliphatic imine (C=N–C) groups is 1. The molecule has 0 aromatic heterocycles. The van der Waals surface area contributed by atoms with Gasteiger partial charge >= 0.3 is 0 Å². The molecular weight excluding hydrogens is 326 g/mol. The van der Waals surface area contributed by atoms with Crippen molar-refractivity contribution in [2.75, 3.05) is 60.0 Å². The van der Waals surface area contributed by atoms with Gasteiger partial charge in [0.15, 0.2) is 5.96 Å². The van der Waals surface area contributed by atoms with Crippen LogP contribution in [0.15, 0.2) is 29.3 Å². The van der Waals surface area contributed by atoms with E-state index in [-0.39, 0.29) is 0 Å². The number of hydrogen-bond acceptors (Lipinski definition) is 4. The number of benzene rings is 1. The minimum atomic E-state index is 0.586. The van der Waals surface area contributed by atoms with Gasteiger partial charge in [-0.1, -0.05) is 26.0 Å². The standard InChI is InChI=1S/C20H35N5O/c1-5-24-10-12-25(13-11-24)16-17(2)14-22-20(21-3)23-15-18-6-8-19(26-4)9-7-18/h6-9,17H,5,10-16H2,1-4H3,(H2,21,22,23). The van der Waals surface area contributed by atoms with Crippen LogP contribution in [0.4, 0.5) is 0 Å². The molecule has 1 atom stereocenters. The molecule has 0 amide bonds. The Morgan fingerprint density at radius 3 is 2.35 bits per heavy atom. The van der Waals surface area contributed by atoms with Crippen molar-refractivity contribution in [3.8, 4) is 5.75 Å². The summed E-state index contributed by atoms with van der Waals surface area (Å²) in [6, 6.07) is 8.09. The molecule has 0 radical (unpaired) electrons. The van der Waals surface area contributed by atoms with Crippen LogP contribution in [0.2, 0.25) is 0 Å². The van der Waals surface area contributed by atoms with Gasteiger partial charge in [0.2, 0.25) is 0 Å². The highest BCUT2D eigenvalue weighted by atomic mass is 16.5. The van der Waals surface area contributed by atoms with Gasteiger partial charge in [0.1, 0.15) is 5.75 Å². The number of methoxy groups -OCH3 is 1. The third-order valence-electron chi connectivity index (χ3n) is 4.94. The maximum Gasteiger partial charge on any atom is 0.191 e. The Balaban J connectivity index is 1.67. The van der Waals surface area contributed by atoms with Crippen molar-refractivity contribution in [1.29, 1.82) is 0 Å². The molecule has 6 heteroatoms. The van der Waals surface area contributed by atoms with Gasteiger partial charge in [0.25, 0.3) is 0 Å². The second-order valence-corrected chi connectivity index (χ2v) is 6.99. The van der Waals surface area contributed by atoms with Crippen molar-refractivity contribution in [1.82, 2.24) is 20.4 Å². The van der Waals surface area contributed by atoms with Crippen LogP contribution in [0.1, 0.15) is 19.4 Å². The van der Waals surface area contributed by atoms with Crippen LogP contribution in [0.3, 0.4) is 0 Å². The van der Waals surface area contributed by atoms with Crippen molar-refractivity contribution in [3.63, 3.8) is 0 Å². The van der Waals surface area contributed by atoms with Crippen LogP contribution in [0.25, 0.3) is 0 Å². The molecule has 1 aromatic rings. The molecule has 1 heterocycles. The number of likely N-dealkylation sites (N-methyl/N-ethyl adjacent to an activating group) is 1. The topological polar surface area (TPSA) is 52.1 Å². The first-order chi connectivity index (χ1) is 12.6. The van der Waals surface area contributed by atoms with Crippen LogP contribution >= 0.6 is 0 Å². The highest BCUT2D eigenvalue weighted by Gasteiger charge is 2.17. The Morgan fingerprint density at radius 1 is 1.12 bits per heavy atom. The highest BCUT2D eigenvalue weighted by Crippen LogP contribution is 2.11. The monoisotopic (exact) mass is 361 g/mol. The van der Waals surface area contributed by atoms with Crippen molar-refractivity contribution >= 4 is 5.96 Å². The fourth-order valence-corrected chi connectivity index (χ4v) is 3.21. The molecule has 146 valence electrons. The summed E-state index contributed by atoms with van der Waals surface area (Å²) < 4.78 is 5.19. The van der Waals surface area contributed by atoms with Crippen LogP contribution < -0.4 is 15.4 Å². The average Bonchev–Trinajstić information content (AvgIpc) is 2.69. The first-order valence-corrected chi connectivity index (χ1v) is 9.66. The summed E-state index contributed by atoms with van der Waals surface area (Å²) in [7, 11) is 3.50. The quantitative estimate of drug-likeness (QED) is 0.545. The first kappa shape index (κ1) is 20.5. The second-order valence-electron chi connectivity index (χ2n) is 6.99. The van der Waals surface area contributed by atoms with Gasteiger partial charge in [-0.05, 0) is 30.2 Å². The first-order valence-electron chi connectivity index (χ1n) is 9.66. The van der Waals surface area contributed by atoms with Crippen LogP contribution in [-0.4, -0.2) is 75.7 Å². The Labute approximate surface area is 158 Å². The van der Waals surface area contributed by atoms with Crippen molar-refractivity contribution < 1.29 is 4.74 Å². The summed E-state index contributed by atoms with van der Waals surface area (Å²) in [5.74, 6) is 2.32. The Hall–Kier alpha value is -1.79. The minimum absolute atomic E-state index is 0.586. The zero-order valence-corrected chi connectivity index (χ0v) is 16.8. The van der Waals surface area contributed by atoms with E-state index in [0.29, 0.717) is 5.92 Å². The number of nitrogens with zero attached hydrogens (tertiary/aromatic N) is 3. The molecule has 0 bridgehead atoms. The molecule has 1 aliphatic heterocycles. The number of nitrogens with one attached hydrogen (secondary N) is 2. The maximum absolute atomic E-state index is 5.19. The zero-order valence-electron chi connectivity index (χ0n) is 16.8. The second kappa shape index (κ2) is 11.0. The van der Waals surface area contributed by atoms with Crippen molar-refractivity contribution in [3.05, 3.63) is 29.8 Å². The van der Waals surface area contributed by atoms with Gasteiger partial charge < -0.3 is 25.2 Å². The van der Waals surface area contributed by atoms with Gasteiger partial charge in [-0.15, -0.1) is 0 Å². The van der Waals surface area contributed by atoms with E-state index in [1.165, 1.54) is 38.3 Å². The van der Waals surface area contributed by atoms with Crippen molar-refractivity contribution in [2.45, 2.75) is 20.4 Å². The Morgan fingerprint density at radius 2 is 1.77 bits per heavy atom. The largest absolute Gasteiger partial charge is 0.497 e. The molecule has 1 aromatic carbocycles. The van der Waals surface area contributed by atoms with E-state index >= 15 is 0 Å². The number of ether oxygens (including phenoxy) is 1. The number of piperazine rings is 1. The number of rotatable bonds is 8. The smallest absolute Gasteiger partial charge is 0.191 e. The summed E-state index contributed by atoms with van der Waals surface area (Å²) in [4.78, 5) is 9.42. The van der Waals surface area contributed by atoms with Gasteiger partial charge in [-0.25, -0.2) is 0 Å². The van der Waals surface area contributed by atoms with Crippen LogP contribution in [0.5, 0.6) is 5.75 Å². The maximum atomic E-state index is 5.19. The summed E-state index contributed by atoms with van der Waals surface area (Å²) in [5, 5.41) is 6.82. The van der Waals surface area contributed by atoms with E-state index in [9.17, 15) is 0 Å². The van der Waals surface area contributed by atoms with E-state index in [2.05, 4.69) is 51.4 Å². The highest BCUT2D eigenvalue weighted by molar-refractivity contribution is 5.79. The average molecular weight is 362 g/mol. The van der Waals surface area contributed by atoms with Gasteiger partial charge in [-0.3, -0.25) is 4.99 Å². The summed E-state index contributed by atoms with van der Waals surface area (Å²) >= 11 is 0. The fourth-order valence-electron chi connectivity index (χ4n) is 3.21. The van der Waals surface area contributed by atoms with E-state index in [1.54, 1.807) is 7.11 Å².